The molecule has 1 amide bonds. The number of rotatable bonds is 6. The Hall–Kier alpha value is -2.88. The summed E-state index contributed by atoms with van der Waals surface area (Å²) in [5, 5.41) is 0. The lowest BCUT2D eigenvalue weighted by Crippen LogP contribution is -2.32. The fourth-order valence-electron chi connectivity index (χ4n) is 4.68. The summed E-state index contributed by atoms with van der Waals surface area (Å²) in [4.78, 5) is 19.9. The van der Waals surface area contributed by atoms with E-state index in [0.29, 0.717) is 24.8 Å². The second-order valence-electron chi connectivity index (χ2n) is 8.80. The molecule has 4 rings (SSSR count). The number of nitrogens with zero attached hydrogens (tertiary/aromatic N) is 3. The zero-order chi connectivity index (χ0) is 21.3. The Morgan fingerprint density at radius 3 is 2.57 bits per heavy atom. The first-order valence-corrected chi connectivity index (χ1v) is 10.9. The highest BCUT2D eigenvalue weighted by molar-refractivity contribution is 5.93. The Morgan fingerprint density at radius 2 is 1.87 bits per heavy atom. The van der Waals surface area contributed by atoms with Crippen LogP contribution in [0.1, 0.15) is 73.9 Å². The van der Waals surface area contributed by atoms with Crippen molar-refractivity contribution in [2.24, 2.45) is 7.05 Å². The Labute approximate surface area is 179 Å². The zero-order valence-corrected chi connectivity index (χ0v) is 18.4. The summed E-state index contributed by atoms with van der Waals surface area (Å²) in [6.07, 6.45) is 5.36. The largest absolute Gasteiger partial charge is 0.337 e. The first-order chi connectivity index (χ1) is 14.4. The van der Waals surface area contributed by atoms with Crippen LogP contribution in [-0.4, -0.2) is 15.5 Å². The van der Waals surface area contributed by atoms with E-state index in [1.165, 1.54) is 23.1 Å². The van der Waals surface area contributed by atoms with Gasteiger partial charge in [-0.1, -0.05) is 57.2 Å². The fourth-order valence-corrected chi connectivity index (χ4v) is 4.68. The van der Waals surface area contributed by atoms with Crippen molar-refractivity contribution in [3.05, 3.63) is 83.4 Å². The van der Waals surface area contributed by atoms with Crippen molar-refractivity contribution in [2.45, 2.75) is 57.9 Å². The van der Waals surface area contributed by atoms with E-state index in [0.717, 1.165) is 11.5 Å². The molecule has 0 bridgehead atoms. The van der Waals surface area contributed by atoms with Crippen molar-refractivity contribution in [3.63, 3.8) is 0 Å². The zero-order valence-electron chi connectivity index (χ0n) is 18.4. The number of imidazole rings is 1. The molecule has 0 N–H and O–H groups in total. The number of amides is 1. The SMILES string of the molecule is CC1C[C@H](C)c2cc(N(Cc3nccn3C)C(=O)C[C@H](C)c3ccccc3)ccc21. The standard InChI is InChI=1S/C26H31N3O/c1-18(21-8-6-5-7-9-21)15-26(30)29(17-25-27-12-13-28(25)4)22-10-11-23-19(2)14-20(3)24(23)16-22/h5-13,16,18-20H,14-15,17H2,1-4H3/t18-,19?,20-/m0/s1. The minimum absolute atomic E-state index is 0.132. The quantitative estimate of drug-likeness (QED) is 0.527. The summed E-state index contributed by atoms with van der Waals surface area (Å²) in [5.74, 6) is 2.30. The number of carbonyl (C=O) groups excluding carboxylic acids is 1. The van der Waals surface area contributed by atoms with Crippen LogP contribution >= 0.6 is 0 Å². The summed E-state index contributed by atoms with van der Waals surface area (Å²) < 4.78 is 1.99. The number of aromatic nitrogens is 2. The van der Waals surface area contributed by atoms with Crippen LogP contribution in [0.2, 0.25) is 0 Å². The van der Waals surface area contributed by atoms with Gasteiger partial charge in [-0.15, -0.1) is 0 Å². The topological polar surface area (TPSA) is 38.1 Å². The predicted octanol–water partition coefficient (Wildman–Crippen LogP) is 5.76. The molecule has 0 radical (unpaired) electrons. The van der Waals surface area contributed by atoms with Crippen LogP contribution in [0.15, 0.2) is 60.9 Å². The molecule has 0 aliphatic heterocycles. The molecule has 1 unspecified atom stereocenters. The number of carbonyl (C=O) groups is 1. The molecule has 0 saturated carbocycles. The molecule has 1 aromatic heterocycles. The molecule has 1 heterocycles. The minimum atomic E-state index is 0.132. The lowest BCUT2D eigenvalue weighted by atomic mass is 9.96. The van der Waals surface area contributed by atoms with E-state index in [1.54, 1.807) is 6.20 Å². The molecule has 2 aromatic carbocycles. The third kappa shape index (κ3) is 4.04. The van der Waals surface area contributed by atoms with Crippen LogP contribution in [0.4, 0.5) is 5.69 Å². The summed E-state index contributed by atoms with van der Waals surface area (Å²) in [7, 11) is 1.98. The molecule has 0 saturated heterocycles. The van der Waals surface area contributed by atoms with Gasteiger partial charge in [0.25, 0.3) is 0 Å². The van der Waals surface area contributed by atoms with E-state index >= 15 is 0 Å². The van der Waals surface area contributed by atoms with Crippen molar-refractivity contribution in [1.82, 2.24) is 9.55 Å². The van der Waals surface area contributed by atoms with Crippen molar-refractivity contribution in [2.75, 3.05) is 4.90 Å². The lowest BCUT2D eigenvalue weighted by Gasteiger charge is -2.25. The Bertz CT molecular complexity index is 1020. The van der Waals surface area contributed by atoms with Crippen LogP contribution in [0.25, 0.3) is 0 Å². The van der Waals surface area contributed by atoms with Crippen LogP contribution in [0.5, 0.6) is 0 Å². The van der Waals surface area contributed by atoms with Crippen molar-refractivity contribution < 1.29 is 4.79 Å². The second kappa shape index (κ2) is 8.47. The van der Waals surface area contributed by atoms with Gasteiger partial charge < -0.3 is 9.47 Å². The third-order valence-corrected chi connectivity index (χ3v) is 6.52. The highest BCUT2D eigenvalue weighted by Crippen LogP contribution is 2.42. The number of fused-ring (bicyclic) bond motifs is 1. The minimum Gasteiger partial charge on any atom is -0.337 e. The van der Waals surface area contributed by atoms with E-state index in [1.807, 2.05) is 40.9 Å². The fraction of sp³-hybridized carbons (Fsp3) is 0.385. The highest BCUT2D eigenvalue weighted by atomic mass is 16.2. The summed E-state index contributed by atoms with van der Waals surface area (Å²) in [6.45, 7) is 7.18. The molecule has 3 aromatic rings. The molecule has 1 aliphatic rings. The average Bonchev–Trinajstić information content (AvgIpc) is 3.28. The van der Waals surface area contributed by atoms with Gasteiger partial charge in [0.2, 0.25) is 5.91 Å². The number of anilines is 1. The number of aryl methyl sites for hydroxylation is 1. The summed E-state index contributed by atoms with van der Waals surface area (Å²) >= 11 is 0. The molecular weight excluding hydrogens is 370 g/mol. The number of hydrogen-bond acceptors (Lipinski definition) is 2. The van der Waals surface area contributed by atoms with Crippen LogP contribution in [-0.2, 0) is 18.4 Å². The van der Waals surface area contributed by atoms with Crippen molar-refractivity contribution in [3.8, 4) is 0 Å². The van der Waals surface area contributed by atoms with E-state index < -0.39 is 0 Å². The van der Waals surface area contributed by atoms with Crippen LogP contribution in [0.3, 0.4) is 0 Å². The van der Waals surface area contributed by atoms with Gasteiger partial charge in [-0.3, -0.25) is 4.79 Å². The number of hydrogen-bond donors (Lipinski definition) is 0. The van der Waals surface area contributed by atoms with Crippen LogP contribution in [0, 0.1) is 0 Å². The molecule has 30 heavy (non-hydrogen) atoms. The monoisotopic (exact) mass is 401 g/mol. The van der Waals surface area contributed by atoms with Gasteiger partial charge in [0.05, 0.1) is 6.54 Å². The molecule has 3 atom stereocenters. The van der Waals surface area contributed by atoms with Crippen LogP contribution < -0.4 is 4.90 Å². The first kappa shape index (κ1) is 20.4. The third-order valence-electron chi connectivity index (χ3n) is 6.52. The second-order valence-corrected chi connectivity index (χ2v) is 8.80. The average molecular weight is 402 g/mol. The van der Waals surface area contributed by atoms with E-state index in [4.69, 9.17) is 0 Å². The normalized spacial score (nSPS) is 18.8. The maximum absolute atomic E-state index is 13.5. The first-order valence-electron chi connectivity index (χ1n) is 10.9. The maximum Gasteiger partial charge on any atom is 0.228 e. The molecule has 4 nitrogen and oxygen atoms in total. The number of benzene rings is 2. The smallest absolute Gasteiger partial charge is 0.228 e. The summed E-state index contributed by atoms with van der Waals surface area (Å²) in [6, 6.07) is 16.8. The molecule has 4 heteroatoms. The Morgan fingerprint density at radius 1 is 1.13 bits per heavy atom. The Balaban J connectivity index is 1.64. The highest BCUT2D eigenvalue weighted by Gasteiger charge is 2.27. The van der Waals surface area contributed by atoms with E-state index in [-0.39, 0.29) is 11.8 Å². The molecular formula is C26H31N3O. The maximum atomic E-state index is 13.5. The summed E-state index contributed by atoms with van der Waals surface area (Å²) in [5.41, 5.74) is 4.98. The van der Waals surface area contributed by atoms with Gasteiger partial charge in [0.1, 0.15) is 5.82 Å². The predicted molar refractivity (Wildman–Crippen MR) is 122 cm³/mol. The van der Waals surface area contributed by atoms with Gasteiger partial charge in [0.15, 0.2) is 0 Å². The molecule has 0 spiro atoms. The molecule has 1 aliphatic carbocycles. The molecule has 0 fully saturated rings. The lowest BCUT2D eigenvalue weighted by molar-refractivity contribution is -0.119. The van der Waals surface area contributed by atoms with Gasteiger partial charge in [-0.25, -0.2) is 4.98 Å². The van der Waals surface area contributed by atoms with Gasteiger partial charge >= 0.3 is 0 Å². The van der Waals surface area contributed by atoms with Gasteiger partial charge in [0, 0.05) is 31.5 Å². The molecule has 156 valence electrons. The van der Waals surface area contributed by atoms with E-state index in [9.17, 15) is 4.79 Å². The van der Waals surface area contributed by atoms with Gasteiger partial charge in [-0.2, -0.15) is 0 Å². The van der Waals surface area contributed by atoms with Crippen molar-refractivity contribution in [1.29, 1.82) is 0 Å². The van der Waals surface area contributed by atoms with Crippen molar-refractivity contribution >= 4 is 11.6 Å². The van der Waals surface area contributed by atoms with Gasteiger partial charge in [-0.05, 0) is 53.0 Å². The Kier molecular flexibility index (Phi) is 5.76. The van der Waals surface area contributed by atoms with E-state index in [2.05, 4.69) is 56.1 Å².